The Kier molecular flexibility index (Phi) is 6.06. The van der Waals surface area contributed by atoms with E-state index in [9.17, 15) is 14.9 Å². The van der Waals surface area contributed by atoms with Crippen LogP contribution in [-0.4, -0.2) is 36.3 Å². The first-order valence-corrected chi connectivity index (χ1v) is 7.82. The number of ether oxygens (including phenoxy) is 2. The van der Waals surface area contributed by atoms with Crippen molar-refractivity contribution in [2.45, 2.75) is 45.3 Å². The van der Waals surface area contributed by atoms with Crippen LogP contribution in [0, 0.1) is 10.1 Å². The van der Waals surface area contributed by atoms with Gasteiger partial charge >= 0.3 is 0 Å². The highest BCUT2D eigenvalue weighted by Crippen LogP contribution is 2.24. The van der Waals surface area contributed by atoms with Gasteiger partial charge in [-0.3, -0.25) is 14.9 Å². The summed E-state index contributed by atoms with van der Waals surface area (Å²) in [5, 5.41) is 13.7. The molecule has 0 aliphatic carbocycles. The number of rotatable bonds is 7. The van der Waals surface area contributed by atoms with Gasteiger partial charge < -0.3 is 14.8 Å². The van der Waals surface area contributed by atoms with Crippen molar-refractivity contribution in [1.29, 1.82) is 0 Å². The first-order valence-electron chi connectivity index (χ1n) is 7.82. The fourth-order valence-corrected chi connectivity index (χ4v) is 2.46. The molecule has 0 saturated carbocycles. The van der Waals surface area contributed by atoms with E-state index in [-0.39, 0.29) is 17.7 Å². The van der Waals surface area contributed by atoms with E-state index >= 15 is 0 Å². The Labute approximate surface area is 135 Å². The third-order valence-electron chi connectivity index (χ3n) is 3.86. The third kappa shape index (κ3) is 4.74. The third-order valence-corrected chi connectivity index (χ3v) is 3.86. The molecule has 7 nitrogen and oxygen atoms in total. The normalized spacial score (nSPS) is 18.6. The van der Waals surface area contributed by atoms with E-state index in [4.69, 9.17) is 9.47 Å². The summed E-state index contributed by atoms with van der Waals surface area (Å²) < 4.78 is 10.9. The first-order chi connectivity index (χ1) is 11.0. The maximum absolute atomic E-state index is 12.1. The number of nitro groups is 1. The van der Waals surface area contributed by atoms with Gasteiger partial charge in [0.25, 0.3) is 11.6 Å². The second-order valence-corrected chi connectivity index (χ2v) is 5.55. The summed E-state index contributed by atoms with van der Waals surface area (Å²) in [7, 11) is 0. The van der Waals surface area contributed by atoms with Gasteiger partial charge in [-0.15, -0.1) is 0 Å². The molecule has 1 heterocycles. The molecule has 126 valence electrons. The fourth-order valence-electron chi connectivity index (χ4n) is 2.46. The molecule has 2 rings (SSSR count). The summed E-state index contributed by atoms with van der Waals surface area (Å²) in [6, 6.07) is 4.70. The highest BCUT2D eigenvalue weighted by Gasteiger charge is 2.21. The van der Waals surface area contributed by atoms with E-state index in [1.54, 1.807) is 19.1 Å². The van der Waals surface area contributed by atoms with E-state index in [1.165, 1.54) is 6.07 Å². The van der Waals surface area contributed by atoms with Crippen LogP contribution in [-0.2, 0) is 20.7 Å². The number of hydrogen-bond donors (Lipinski definition) is 1. The lowest BCUT2D eigenvalue weighted by Crippen LogP contribution is -2.30. The maximum atomic E-state index is 12.1. The van der Waals surface area contributed by atoms with Crippen LogP contribution in [0.25, 0.3) is 0 Å². The Morgan fingerprint density at radius 3 is 2.96 bits per heavy atom. The molecule has 7 heteroatoms. The Hall–Kier alpha value is -1.99. The Morgan fingerprint density at radius 2 is 2.35 bits per heavy atom. The molecule has 23 heavy (non-hydrogen) atoms. The molecule has 1 aliphatic rings. The molecule has 1 aromatic carbocycles. The zero-order chi connectivity index (χ0) is 16.8. The van der Waals surface area contributed by atoms with Crippen molar-refractivity contribution in [1.82, 2.24) is 0 Å². The molecule has 1 N–H and O–H groups in total. The average Bonchev–Trinajstić information content (AvgIpc) is 3.05. The van der Waals surface area contributed by atoms with Gasteiger partial charge in [-0.2, -0.15) is 0 Å². The lowest BCUT2D eigenvalue weighted by molar-refractivity contribution is -0.385. The van der Waals surface area contributed by atoms with Gasteiger partial charge in [0.2, 0.25) is 0 Å². The largest absolute Gasteiger partial charge is 0.376 e. The van der Waals surface area contributed by atoms with Crippen molar-refractivity contribution in [2.24, 2.45) is 0 Å². The average molecular weight is 322 g/mol. The lowest BCUT2D eigenvalue weighted by Gasteiger charge is -2.16. The molecule has 0 spiro atoms. The highest BCUT2D eigenvalue weighted by molar-refractivity contribution is 5.94. The number of nitrogens with zero attached hydrogens (tertiary/aromatic N) is 1. The fraction of sp³-hybridized carbons (Fsp3) is 0.562. The van der Waals surface area contributed by atoms with Crippen molar-refractivity contribution in [3.05, 3.63) is 33.9 Å². The zero-order valence-electron chi connectivity index (χ0n) is 13.4. The monoisotopic (exact) mass is 322 g/mol. The van der Waals surface area contributed by atoms with E-state index in [1.807, 2.05) is 6.92 Å². The predicted molar refractivity (Wildman–Crippen MR) is 85.5 cm³/mol. The minimum Gasteiger partial charge on any atom is -0.376 e. The van der Waals surface area contributed by atoms with Gasteiger partial charge in [0.15, 0.2) is 0 Å². The molecule has 1 amide bonds. The number of aryl methyl sites for hydroxylation is 1. The van der Waals surface area contributed by atoms with Gasteiger partial charge in [0.1, 0.15) is 6.10 Å². The second-order valence-electron chi connectivity index (χ2n) is 5.55. The number of benzene rings is 1. The molecule has 0 radical (unpaired) electrons. The van der Waals surface area contributed by atoms with Crippen molar-refractivity contribution >= 4 is 17.3 Å². The molecule has 2 atom stereocenters. The number of amides is 1. The highest BCUT2D eigenvalue weighted by atomic mass is 16.6. The Bertz CT molecular complexity index is 570. The standard InChI is InChI=1S/C16H22N2O5/c1-3-12-6-7-13(9-15(12)18(20)21)17-16(19)11(2)23-10-14-5-4-8-22-14/h6-7,9,11,14H,3-5,8,10H2,1-2H3,(H,17,19). The van der Waals surface area contributed by atoms with E-state index in [0.29, 0.717) is 24.3 Å². The van der Waals surface area contributed by atoms with Crippen LogP contribution < -0.4 is 5.32 Å². The molecule has 2 unspecified atom stereocenters. The lowest BCUT2D eigenvalue weighted by atomic mass is 10.1. The Morgan fingerprint density at radius 1 is 1.57 bits per heavy atom. The minimum atomic E-state index is -0.649. The first kappa shape index (κ1) is 17.4. The van der Waals surface area contributed by atoms with E-state index < -0.39 is 11.0 Å². The number of anilines is 1. The molecular formula is C16H22N2O5. The summed E-state index contributed by atoms with van der Waals surface area (Å²) in [5.41, 5.74) is 1.04. The molecule has 1 fully saturated rings. The number of nitro benzene ring substituents is 1. The van der Waals surface area contributed by atoms with Crippen LogP contribution in [0.15, 0.2) is 18.2 Å². The van der Waals surface area contributed by atoms with Crippen LogP contribution in [0.1, 0.15) is 32.3 Å². The van der Waals surface area contributed by atoms with Crippen molar-refractivity contribution < 1.29 is 19.2 Å². The summed E-state index contributed by atoms with van der Waals surface area (Å²) in [5.74, 6) is -0.332. The van der Waals surface area contributed by atoms with Gasteiger partial charge in [-0.1, -0.05) is 13.0 Å². The molecule has 0 bridgehead atoms. The topological polar surface area (TPSA) is 90.7 Å². The van der Waals surface area contributed by atoms with Crippen LogP contribution in [0.5, 0.6) is 0 Å². The predicted octanol–water partition coefficient (Wildman–Crippen LogP) is 2.68. The van der Waals surface area contributed by atoms with Gasteiger partial charge in [-0.25, -0.2) is 0 Å². The molecular weight excluding hydrogens is 300 g/mol. The van der Waals surface area contributed by atoms with Crippen LogP contribution in [0.2, 0.25) is 0 Å². The number of carbonyl (C=O) groups excluding carboxylic acids is 1. The van der Waals surface area contributed by atoms with Gasteiger partial charge in [0, 0.05) is 23.9 Å². The van der Waals surface area contributed by atoms with Crippen molar-refractivity contribution in [3.63, 3.8) is 0 Å². The van der Waals surface area contributed by atoms with Gasteiger partial charge in [-0.05, 0) is 32.3 Å². The molecule has 1 aliphatic heterocycles. The second kappa shape index (κ2) is 8.03. The number of hydrogen-bond acceptors (Lipinski definition) is 5. The quantitative estimate of drug-likeness (QED) is 0.615. The summed E-state index contributed by atoms with van der Waals surface area (Å²) in [4.78, 5) is 22.7. The maximum Gasteiger partial charge on any atom is 0.274 e. The van der Waals surface area contributed by atoms with Crippen molar-refractivity contribution in [3.8, 4) is 0 Å². The summed E-state index contributed by atoms with van der Waals surface area (Å²) >= 11 is 0. The molecule has 0 aromatic heterocycles. The minimum absolute atomic E-state index is 0.0122. The van der Waals surface area contributed by atoms with Crippen LogP contribution >= 0.6 is 0 Å². The van der Waals surface area contributed by atoms with Gasteiger partial charge in [0.05, 0.1) is 17.6 Å². The summed E-state index contributed by atoms with van der Waals surface area (Å²) in [6.07, 6.45) is 1.92. The zero-order valence-corrected chi connectivity index (χ0v) is 13.4. The Balaban J connectivity index is 1.93. The summed E-state index contributed by atoms with van der Waals surface area (Å²) in [6.45, 7) is 4.62. The molecule has 1 aromatic rings. The molecule has 1 saturated heterocycles. The van der Waals surface area contributed by atoms with Crippen LogP contribution in [0.4, 0.5) is 11.4 Å². The SMILES string of the molecule is CCc1ccc(NC(=O)C(C)OCC2CCCO2)cc1[N+](=O)[O-]. The van der Waals surface area contributed by atoms with E-state index in [2.05, 4.69) is 5.32 Å². The van der Waals surface area contributed by atoms with Crippen LogP contribution in [0.3, 0.4) is 0 Å². The van der Waals surface area contributed by atoms with E-state index in [0.717, 1.165) is 19.4 Å². The number of carbonyl (C=O) groups is 1. The van der Waals surface area contributed by atoms with Crippen molar-refractivity contribution in [2.75, 3.05) is 18.5 Å². The smallest absolute Gasteiger partial charge is 0.274 e. The number of nitrogens with one attached hydrogen (secondary N) is 1.